The van der Waals surface area contributed by atoms with E-state index in [1.807, 2.05) is 23.6 Å². The minimum Gasteiger partial charge on any atom is -0.343 e. The lowest BCUT2D eigenvalue weighted by atomic mass is 9.71. The van der Waals surface area contributed by atoms with E-state index in [0.29, 0.717) is 5.41 Å². The van der Waals surface area contributed by atoms with Gasteiger partial charge in [-0.1, -0.05) is 13.8 Å². The number of piperidine rings is 1. The molecule has 4 heteroatoms. The zero-order chi connectivity index (χ0) is 12.6. The Bertz CT molecular complexity index is 322. The van der Waals surface area contributed by atoms with Crippen molar-refractivity contribution in [3.63, 3.8) is 0 Å². The van der Waals surface area contributed by atoms with Crippen molar-refractivity contribution >= 4 is 11.8 Å². The lowest BCUT2D eigenvalue weighted by Crippen LogP contribution is -2.62. The Morgan fingerprint density at radius 2 is 1.59 bits per heavy atom. The number of likely N-dealkylation sites (tertiary alicyclic amines) is 2. The molecule has 2 saturated heterocycles. The highest BCUT2D eigenvalue weighted by atomic mass is 16.2. The monoisotopic (exact) mass is 238 g/mol. The van der Waals surface area contributed by atoms with Crippen LogP contribution in [0.3, 0.4) is 0 Å². The van der Waals surface area contributed by atoms with Crippen LogP contribution < -0.4 is 0 Å². The molecule has 0 N–H and O–H groups in total. The van der Waals surface area contributed by atoms with Crippen LogP contribution in [0.25, 0.3) is 0 Å². The van der Waals surface area contributed by atoms with Crippen molar-refractivity contribution in [2.75, 3.05) is 26.2 Å². The fourth-order valence-electron chi connectivity index (χ4n) is 2.90. The molecule has 0 bridgehead atoms. The van der Waals surface area contributed by atoms with Gasteiger partial charge in [0.2, 0.25) is 11.8 Å². The zero-order valence-electron chi connectivity index (χ0n) is 11.0. The minimum absolute atomic E-state index is 0.102. The van der Waals surface area contributed by atoms with E-state index in [1.165, 1.54) is 0 Å². The van der Waals surface area contributed by atoms with Crippen molar-refractivity contribution in [3.8, 4) is 0 Å². The lowest BCUT2D eigenvalue weighted by Gasteiger charge is -2.54. The molecule has 0 aromatic heterocycles. The summed E-state index contributed by atoms with van der Waals surface area (Å²) in [6, 6.07) is 0. The van der Waals surface area contributed by atoms with Crippen LogP contribution in [0.1, 0.15) is 33.6 Å². The minimum atomic E-state index is 0.102. The van der Waals surface area contributed by atoms with Crippen LogP contribution in [0.15, 0.2) is 0 Å². The summed E-state index contributed by atoms with van der Waals surface area (Å²) in [5.74, 6) is 0.545. The number of carbonyl (C=O) groups is 2. The smallest absolute Gasteiger partial charge is 0.225 e. The Morgan fingerprint density at radius 1 is 1.06 bits per heavy atom. The fraction of sp³-hybridized carbons (Fsp3) is 0.846. The number of carbonyl (C=O) groups excluding carboxylic acids is 2. The van der Waals surface area contributed by atoms with Gasteiger partial charge in [0.1, 0.15) is 0 Å². The maximum Gasteiger partial charge on any atom is 0.225 e. The van der Waals surface area contributed by atoms with Gasteiger partial charge in [-0.05, 0) is 12.8 Å². The molecular weight excluding hydrogens is 216 g/mol. The van der Waals surface area contributed by atoms with Gasteiger partial charge in [-0.2, -0.15) is 0 Å². The molecule has 0 radical (unpaired) electrons. The first kappa shape index (κ1) is 12.4. The van der Waals surface area contributed by atoms with Crippen LogP contribution >= 0.6 is 0 Å². The molecule has 2 rings (SSSR count). The standard InChI is InChI=1S/C13H22N2O2/c1-10(2)12(17)15-8-13(9-15)4-6-14(7-5-13)11(3)16/h10H,4-9H2,1-3H3. The molecule has 1 spiro atoms. The fourth-order valence-corrected chi connectivity index (χ4v) is 2.90. The number of nitrogens with zero attached hydrogens (tertiary/aromatic N) is 2. The largest absolute Gasteiger partial charge is 0.343 e. The van der Waals surface area contributed by atoms with Crippen LogP contribution in [0, 0.1) is 11.3 Å². The van der Waals surface area contributed by atoms with Gasteiger partial charge < -0.3 is 9.80 Å². The first-order valence-electron chi connectivity index (χ1n) is 6.48. The molecule has 2 fully saturated rings. The molecule has 96 valence electrons. The molecular formula is C13H22N2O2. The molecule has 2 heterocycles. The number of rotatable bonds is 1. The zero-order valence-corrected chi connectivity index (χ0v) is 11.0. The summed E-state index contributed by atoms with van der Waals surface area (Å²) in [7, 11) is 0. The molecule has 0 aromatic rings. The molecule has 17 heavy (non-hydrogen) atoms. The molecule has 2 aliphatic heterocycles. The van der Waals surface area contributed by atoms with Crippen LogP contribution in [0.5, 0.6) is 0 Å². The van der Waals surface area contributed by atoms with Crippen molar-refractivity contribution in [3.05, 3.63) is 0 Å². The van der Waals surface area contributed by atoms with Crippen molar-refractivity contribution in [1.82, 2.24) is 9.80 Å². The second-order valence-electron chi connectivity index (χ2n) is 5.86. The van der Waals surface area contributed by atoms with E-state index in [0.717, 1.165) is 39.0 Å². The maximum absolute atomic E-state index is 11.8. The Balaban J connectivity index is 1.83. The SMILES string of the molecule is CC(=O)N1CCC2(CC1)CN(C(=O)C(C)C)C2. The Morgan fingerprint density at radius 3 is 2.00 bits per heavy atom. The average Bonchev–Trinajstić information content (AvgIpc) is 2.24. The quantitative estimate of drug-likeness (QED) is 0.686. The van der Waals surface area contributed by atoms with Gasteiger partial charge in [0.25, 0.3) is 0 Å². The molecule has 0 atom stereocenters. The summed E-state index contributed by atoms with van der Waals surface area (Å²) < 4.78 is 0. The summed E-state index contributed by atoms with van der Waals surface area (Å²) in [4.78, 5) is 26.9. The first-order chi connectivity index (χ1) is 7.93. The summed E-state index contributed by atoms with van der Waals surface area (Å²) in [6.07, 6.45) is 2.10. The van der Waals surface area contributed by atoms with Crippen LogP contribution in [-0.2, 0) is 9.59 Å². The van der Waals surface area contributed by atoms with E-state index in [2.05, 4.69) is 0 Å². The molecule has 2 amide bonds. The Hall–Kier alpha value is -1.06. The maximum atomic E-state index is 11.8. The van der Waals surface area contributed by atoms with E-state index in [4.69, 9.17) is 0 Å². The summed E-state index contributed by atoms with van der Waals surface area (Å²) in [5.41, 5.74) is 0.316. The highest BCUT2D eigenvalue weighted by Crippen LogP contribution is 2.40. The normalized spacial score (nSPS) is 22.8. The van der Waals surface area contributed by atoms with Gasteiger partial charge >= 0.3 is 0 Å². The highest BCUT2D eigenvalue weighted by molar-refractivity contribution is 5.79. The molecule has 2 aliphatic rings. The molecule has 0 unspecified atom stereocenters. The predicted molar refractivity (Wildman–Crippen MR) is 65.3 cm³/mol. The van der Waals surface area contributed by atoms with Gasteiger partial charge in [-0.25, -0.2) is 0 Å². The third-order valence-electron chi connectivity index (χ3n) is 4.13. The molecule has 4 nitrogen and oxygen atoms in total. The highest BCUT2D eigenvalue weighted by Gasteiger charge is 2.47. The van der Waals surface area contributed by atoms with Crippen molar-refractivity contribution < 1.29 is 9.59 Å². The van der Waals surface area contributed by atoms with E-state index in [9.17, 15) is 9.59 Å². The van der Waals surface area contributed by atoms with E-state index in [-0.39, 0.29) is 17.7 Å². The van der Waals surface area contributed by atoms with Crippen molar-refractivity contribution in [2.24, 2.45) is 11.3 Å². The first-order valence-corrected chi connectivity index (χ1v) is 6.48. The van der Waals surface area contributed by atoms with Gasteiger partial charge in [0.05, 0.1) is 0 Å². The van der Waals surface area contributed by atoms with E-state index >= 15 is 0 Å². The third-order valence-corrected chi connectivity index (χ3v) is 4.13. The topological polar surface area (TPSA) is 40.6 Å². The predicted octanol–water partition coefficient (Wildman–Crippen LogP) is 1.11. The van der Waals surface area contributed by atoms with Gasteiger partial charge in [-0.3, -0.25) is 9.59 Å². The van der Waals surface area contributed by atoms with Gasteiger partial charge in [0, 0.05) is 44.4 Å². The van der Waals surface area contributed by atoms with Crippen LogP contribution in [0.4, 0.5) is 0 Å². The summed E-state index contributed by atoms with van der Waals surface area (Å²) >= 11 is 0. The number of hydrogen-bond donors (Lipinski definition) is 0. The molecule has 0 aliphatic carbocycles. The molecule has 0 saturated carbocycles. The number of hydrogen-bond acceptors (Lipinski definition) is 2. The van der Waals surface area contributed by atoms with Crippen LogP contribution in [0.2, 0.25) is 0 Å². The molecule has 0 aromatic carbocycles. The third kappa shape index (κ3) is 2.31. The second kappa shape index (κ2) is 4.31. The second-order valence-corrected chi connectivity index (χ2v) is 5.86. The average molecular weight is 238 g/mol. The summed E-state index contributed by atoms with van der Waals surface area (Å²) in [5, 5.41) is 0. The van der Waals surface area contributed by atoms with Crippen molar-refractivity contribution in [1.29, 1.82) is 0 Å². The van der Waals surface area contributed by atoms with Crippen LogP contribution in [-0.4, -0.2) is 47.8 Å². The van der Waals surface area contributed by atoms with Gasteiger partial charge in [0.15, 0.2) is 0 Å². The lowest BCUT2D eigenvalue weighted by molar-refractivity contribution is -0.152. The Labute approximate surface area is 103 Å². The number of amides is 2. The van der Waals surface area contributed by atoms with E-state index < -0.39 is 0 Å². The van der Waals surface area contributed by atoms with E-state index in [1.54, 1.807) is 6.92 Å². The van der Waals surface area contributed by atoms with Crippen molar-refractivity contribution in [2.45, 2.75) is 33.6 Å². The summed E-state index contributed by atoms with van der Waals surface area (Å²) in [6.45, 7) is 9.05. The Kier molecular flexibility index (Phi) is 3.15. The van der Waals surface area contributed by atoms with Gasteiger partial charge in [-0.15, -0.1) is 0 Å².